The van der Waals surface area contributed by atoms with Crippen LogP contribution >= 0.6 is 0 Å². The zero-order valence-corrected chi connectivity index (χ0v) is 16.5. The maximum absolute atomic E-state index is 13.9. The molecule has 1 aromatic heterocycles. The minimum absolute atomic E-state index is 0.0445. The highest BCUT2D eigenvalue weighted by Crippen LogP contribution is 2.23. The summed E-state index contributed by atoms with van der Waals surface area (Å²) in [6.07, 6.45) is 1.44. The second-order valence-electron chi connectivity index (χ2n) is 6.59. The molecule has 0 atom stereocenters. The molecule has 3 aromatic rings. The molecular formula is C22H25FN4O3. The van der Waals surface area contributed by atoms with Crippen molar-refractivity contribution < 1.29 is 19.1 Å². The second kappa shape index (κ2) is 11.1. The van der Waals surface area contributed by atoms with Crippen LogP contribution in [0.4, 0.5) is 10.3 Å². The molecule has 3 rings (SSSR count). The van der Waals surface area contributed by atoms with Crippen molar-refractivity contribution in [1.82, 2.24) is 10.5 Å². The molecule has 158 valence electrons. The van der Waals surface area contributed by atoms with Crippen LogP contribution in [-0.4, -0.2) is 47.6 Å². The number of nitrogens with zero attached hydrogens (tertiary/aromatic N) is 2. The number of rotatable bonds is 9. The Labute approximate surface area is 174 Å². The molecule has 0 radical (unpaired) electrons. The van der Waals surface area contributed by atoms with Crippen molar-refractivity contribution in [1.29, 1.82) is 0 Å². The van der Waals surface area contributed by atoms with E-state index in [1.165, 1.54) is 6.07 Å². The molecule has 0 unspecified atom stereocenters. The first-order chi connectivity index (χ1) is 14.7. The van der Waals surface area contributed by atoms with Gasteiger partial charge in [-0.2, -0.15) is 0 Å². The smallest absolute Gasteiger partial charge is 0.231 e. The van der Waals surface area contributed by atoms with Crippen molar-refractivity contribution in [2.45, 2.75) is 12.8 Å². The minimum Gasteiger partial charge on any atom is -0.395 e. The maximum Gasteiger partial charge on any atom is 0.231 e. The summed E-state index contributed by atoms with van der Waals surface area (Å²) in [4.78, 5) is 4.14. The summed E-state index contributed by atoms with van der Waals surface area (Å²) in [5, 5.41) is 27.8. The molecule has 0 saturated carbocycles. The fourth-order valence-corrected chi connectivity index (χ4v) is 2.90. The highest BCUT2D eigenvalue weighted by molar-refractivity contribution is 5.92. The number of anilines is 1. The van der Waals surface area contributed by atoms with Crippen molar-refractivity contribution in [2.75, 3.05) is 31.6 Å². The number of aliphatic hydroxyl groups excluding tert-OH is 2. The summed E-state index contributed by atoms with van der Waals surface area (Å²) in [6, 6.07) is 16.3. The Kier molecular flexibility index (Phi) is 7.94. The molecule has 2 aromatic carbocycles. The normalized spacial score (nSPS) is 11.5. The third-order valence-electron chi connectivity index (χ3n) is 4.38. The van der Waals surface area contributed by atoms with Crippen LogP contribution < -0.4 is 10.6 Å². The average Bonchev–Trinajstić information content (AvgIpc) is 3.22. The molecule has 0 bridgehead atoms. The van der Waals surface area contributed by atoms with Gasteiger partial charge in [-0.1, -0.05) is 47.6 Å². The van der Waals surface area contributed by atoms with Crippen molar-refractivity contribution in [3.8, 4) is 11.1 Å². The first-order valence-electron chi connectivity index (χ1n) is 9.76. The monoisotopic (exact) mass is 412 g/mol. The van der Waals surface area contributed by atoms with Gasteiger partial charge in [-0.3, -0.25) is 10.3 Å². The zero-order valence-electron chi connectivity index (χ0n) is 16.5. The fourth-order valence-electron chi connectivity index (χ4n) is 2.90. The van der Waals surface area contributed by atoms with Crippen LogP contribution in [0.1, 0.15) is 11.3 Å². The highest BCUT2D eigenvalue weighted by Gasteiger charge is 2.08. The number of benzene rings is 2. The Morgan fingerprint density at radius 3 is 2.57 bits per heavy atom. The molecule has 0 fully saturated rings. The van der Waals surface area contributed by atoms with Gasteiger partial charge < -0.3 is 20.1 Å². The van der Waals surface area contributed by atoms with E-state index in [0.29, 0.717) is 30.4 Å². The first kappa shape index (κ1) is 21.5. The van der Waals surface area contributed by atoms with E-state index in [9.17, 15) is 4.39 Å². The fraction of sp³-hybridized carbons (Fsp3) is 0.273. The van der Waals surface area contributed by atoms with E-state index >= 15 is 0 Å². The lowest BCUT2D eigenvalue weighted by Gasteiger charge is -2.08. The Balaban J connectivity index is 1.56. The van der Waals surface area contributed by atoms with E-state index in [1.54, 1.807) is 18.2 Å². The molecule has 0 aliphatic rings. The van der Waals surface area contributed by atoms with E-state index in [0.717, 1.165) is 23.2 Å². The largest absolute Gasteiger partial charge is 0.395 e. The average molecular weight is 412 g/mol. The maximum atomic E-state index is 13.9. The number of aromatic nitrogens is 1. The minimum atomic E-state index is -0.233. The Morgan fingerprint density at radius 1 is 1.03 bits per heavy atom. The number of aliphatic imine (C=N–C) groups is 1. The number of aliphatic hydroxyl groups is 2. The predicted molar refractivity (Wildman–Crippen MR) is 114 cm³/mol. The number of guanidine groups is 1. The van der Waals surface area contributed by atoms with Gasteiger partial charge in [0.05, 0.1) is 25.5 Å². The lowest BCUT2D eigenvalue weighted by atomic mass is 10.0. The standard InChI is InChI=1S/C22H25FN4O3/c23-20-4-2-1-3-19(20)17-8-5-16(6-9-17)7-10-18-15-21(30-27-18)26-22(24-11-13-28)25-12-14-29/h1-6,8-9,15,28-29H,7,10-14H2,(H2,24,25,26). The van der Waals surface area contributed by atoms with Gasteiger partial charge in [0, 0.05) is 18.2 Å². The van der Waals surface area contributed by atoms with Crippen molar-refractivity contribution in [2.24, 2.45) is 4.99 Å². The van der Waals surface area contributed by atoms with Gasteiger partial charge in [0.25, 0.3) is 0 Å². The second-order valence-corrected chi connectivity index (χ2v) is 6.59. The van der Waals surface area contributed by atoms with Gasteiger partial charge in [-0.25, -0.2) is 4.39 Å². The van der Waals surface area contributed by atoms with Crippen molar-refractivity contribution in [3.05, 3.63) is 71.7 Å². The molecule has 0 spiro atoms. The first-order valence-corrected chi connectivity index (χ1v) is 9.76. The van der Waals surface area contributed by atoms with Crippen LogP contribution in [0.5, 0.6) is 0 Å². The molecule has 0 amide bonds. The van der Waals surface area contributed by atoms with Gasteiger partial charge in [-0.05, 0) is 30.0 Å². The lowest BCUT2D eigenvalue weighted by molar-refractivity contribution is 0.299. The van der Waals surface area contributed by atoms with Crippen LogP contribution in [0.3, 0.4) is 0 Å². The van der Waals surface area contributed by atoms with Crippen LogP contribution in [0.15, 0.2) is 64.1 Å². The lowest BCUT2D eigenvalue weighted by Crippen LogP contribution is -2.33. The number of hydrogen-bond donors (Lipinski definition) is 4. The molecule has 30 heavy (non-hydrogen) atoms. The molecule has 0 saturated heterocycles. The molecule has 0 aliphatic carbocycles. The third-order valence-corrected chi connectivity index (χ3v) is 4.38. The summed E-state index contributed by atoms with van der Waals surface area (Å²) in [6.45, 7) is 0.423. The summed E-state index contributed by atoms with van der Waals surface area (Å²) >= 11 is 0. The highest BCUT2D eigenvalue weighted by atomic mass is 19.1. The SMILES string of the molecule is OCCN=C(NCCO)Nc1cc(CCc2ccc(-c3ccccc3F)cc2)no1. The van der Waals surface area contributed by atoms with Crippen LogP contribution in [0, 0.1) is 5.82 Å². The van der Waals surface area contributed by atoms with E-state index in [-0.39, 0.29) is 25.6 Å². The predicted octanol–water partition coefficient (Wildman–Crippen LogP) is 2.61. The van der Waals surface area contributed by atoms with E-state index in [4.69, 9.17) is 14.7 Å². The topological polar surface area (TPSA) is 103 Å². The molecule has 4 N–H and O–H groups in total. The van der Waals surface area contributed by atoms with Gasteiger partial charge in [0.2, 0.25) is 5.88 Å². The number of nitrogens with one attached hydrogen (secondary N) is 2. The Morgan fingerprint density at radius 2 is 1.83 bits per heavy atom. The number of aryl methyl sites for hydroxylation is 2. The van der Waals surface area contributed by atoms with Crippen molar-refractivity contribution >= 4 is 11.8 Å². The van der Waals surface area contributed by atoms with Gasteiger partial charge in [0.1, 0.15) is 5.82 Å². The summed E-state index contributed by atoms with van der Waals surface area (Å²) < 4.78 is 19.2. The molecule has 1 heterocycles. The van der Waals surface area contributed by atoms with Crippen LogP contribution in [0.25, 0.3) is 11.1 Å². The molecule has 0 aliphatic heterocycles. The molecular weight excluding hydrogens is 387 g/mol. The van der Waals surface area contributed by atoms with Crippen LogP contribution in [-0.2, 0) is 12.8 Å². The van der Waals surface area contributed by atoms with Gasteiger partial charge in [-0.15, -0.1) is 0 Å². The Bertz CT molecular complexity index is 957. The summed E-state index contributed by atoms with van der Waals surface area (Å²) in [5.41, 5.74) is 3.32. The van der Waals surface area contributed by atoms with Gasteiger partial charge in [0.15, 0.2) is 5.96 Å². The Hall–Kier alpha value is -3.23. The zero-order chi connectivity index (χ0) is 21.2. The molecule has 8 heteroatoms. The van der Waals surface area contributed by atoms with E-state index < -0.39 is 0 Å². The number of halogens is 1. The van der Waals surface area contributed by atoms with E-state index in [1.807, 2.05) is 30.3 Å². The van der Waals surface area contributed by atoms with E-state index in [2.05, 4.69) is 20.8 Å². The molecule has 7 nitrogen and oxygen atoms in total. The quantitative estimate of drug-likeness (QED) is 0.318. The summed E-state index contributed by atoms with van der Waals surface area (Å²) in [5.74, 6) is 0.579. The third kappa shape index (κ3) is 6.13. The van der Waals surface area contributed by atoms with Gasteiger partial charge >= 0.3 is 0 Å². The van der Waals surface area contributed by atoms with Crippen molar-refractivity contribution in [3.63, 3.8) is 0 Å². The van der Waals surface area contributed by atoms with Crippen LogP contribution in [0.2, 0.25) is 0 Å². The number of hydrogen-bond acceptors (Lipinski definition) is 5. The summed E-state index contributed by atoms with van der Waals surface area (Å²) in [7, 11) is 0.